The molecule has 0 spiro atoms. The molecule has 1 aromatic carbocycles. The van der Waals surface area contributed by atoms with Gasteiger partial charge in [-0.2, -0.15) is 0 Å². The molecule has 2 heterocycles. The van der Waals surface area contributed by atoms with E-state index in [1.807, 2.05) is 25.3 Å². The number of fused-ring (bicyclic) bond motifs is 1. The second-order valence-electron chi connectivity index (χ2n) is 5.13. The Morgan fingerprint density at radius 2 is 1.95 bits per heavy atom. The third kappa shape index (κ3) is 2.27. The quantitative estimate of drug-likeness (QED) is 0.720. The highest BCUT2D eigenvalue weighted by atomic mass is 16.5. The van der Waals surface area contributed by atoms with Gasteiger partial charge in [0.15, 0.2) is 11.4 Å². The lowest BCUT2D eigenvalue weighted by atomic mass is 10.1. The Bertz CT molecular complexity index is 759. The van der Waals surface area contributed by atoms with E-state index in [4.69, 9.17) is 4.74 Å². The highest BCUT2D eigenvalue weighted by Gasteiger charge is 2.09. The molecule has 0 N–H and O–H groups in total. The molecule has 0 bridgehead atoms. The van der Waals surface area contributed by atoms with Crippen molar-refractivity contribution in [2.24, 2.45) is 0 Å². The molecule has 0 unspecified atom stereocenters. The first-order valence-corrected chi connectivity index (χ1v) is 6.78. The van der Waals surface area contributed by atoms with Crippen molar-refractivity contribution in [1.29, 1.82) is 0 Å². The first-order valence-electron chi connectivity index (χ1n) is 6.78. The standard InChI is InChI=1S/C17H18N2O/c1-12-6-4-7-15(10-12)11-20-16-8-5-9-19-14(3)13(2)18-17(16)19/h4-10H,11H2,1-3H3. The van der Waals surface area contributed by atoms with Crippen molar-refractivity contribution in [3.63, 3.8) is 0 Å². The predicted molar refractivity (Wildman–Crippen MR) is 80.2 cm³/mol. The number of aryl methyl sites for hydroxylation is 3. The Balaban J connectivity index is 1.90. The number of benzene rings is 1. The molecule has 0 aliphatic carbocycles. The molecule has 0 saturated heterocycles. The van der Waals surface area contributed by atoms with Gasteiger partial charge in [-0.25, -0.2) is 4.98 Å². The number of hydrogen-bond donors (Lipinski definition) is 0. The van der Waals surface area contributed by atoms with E-state index in [0.29, 0.717) is 6.61 Å². The zero-order chi connectivity index (χ0) is 14.1. The van der Waals surface area contributed by atoms with Crippen LogP contribution in [0.5, 0.6) is 5.75 Å². The lowest BCUT2D eigenvalue weighted by Crippen LogP contribution is -1.98. The van der Waals surface area contributed by atoms with Crippen molar-refractivity contribution in [2.45, 2.75) is 27.4 Å². The van der Waals surface area contributed by atoms with Gasteiger partial charge in [-0.3, -0.25) is 0 Å². The van der Waals surface area contributed by atoms with E-state index in [2.05, 4.69) is 47.5 Å². The molecule has 2 aromatic heterocycles. The lowest BCUT2D eigenvalue weighted by molar-refractivity contribution is 0.308. The number of pyridine rings is 1. The van der Waals surface area contributed by atoms with Crippen molar-refractivity contribution < 1.29 is 4.74 Å². The van der Waals surface area contributed by atoms with E-state index in [-0.39, 0.29) is 0 Å². The van der Waals surface area contributed by atoms with Crippen LogP contribution in [-0.4, -0.2) is 9.38 Å². The molecule has 102 valence electrons. The van der Waals surface area contributed by atoms with Gasteiger partial charge in [0.05, 0.1) is 5.69 Å². The van der Waals surface area contributed by atoms with Crippen LogP contribution in [0.25, 0.3) is 5.65 Å². The van der Waals surface area contributed by atoms with Crippen molar-refractivity contribution in [3.8, 4) is 5.75 Å². The Labute approximate surface area is 118 Å². The summed E-state index contributed by atoms with van der Waals surface area (Å²) in [5, 5.41) is 0. The SMILES string of the molecule is Cc1cccc(COc2cccn3c(C)c(C)nc23)c1. The lowest BCUT2D eigenvalue weighted by Gasteiger charge is -2.08. The second-order valence-corrected chi connectivity index (χ2v) is 5.13. The average molecular weight is 266 g/mol. The maximum atomic E-state index is 5.95. The van der Waals surface area contributed by atoms with E-state index in [9.17, 15) is 0 Å². The van der Waals surface area contributed by atoms with Gasteiger partial charge in [-0.05, 0) is 38.5 Å². The molecule has 0 aliphatic rings. The molecule has 3 rings (SSSR count). The third-order valence-electron chi connectivity index (χ3n) is 3.57. The van der Waals surface area contributed by atoms with Gasteiger partial charge in [-0.1, -0.05) is 29.8 Å². The average Bonchev–Trinajstić information content (AvgIpc) is 2.73. The summed E-state index contributed by atoms with van der Waals surface area (Å²) in [6.45, 7) is 6.74. The topological polar surface area (TPSA) is 26.5 Å². The summed E-state index contributed by atoms with van der Waals surface area (Å²) >= 11 is 0. The summed E-state index contributed by atoms with van der Waals surface area (Å²) in [5.41, 5.74) is 5.50. The fourth-order valence-corrected chi connectivity index (χ4v) is 2.35. The van der Waals surface area contributed by atoms with Crippen molar-refractivity contribution in [1.82, 2.24) is 9.38 Å². The molecule has 3 nitrogen and oxygen atoms in total. The van der Waals surface area contributed by atoms with Crippen LogP contribution in [0.3, 0.4) is 0 Å². The van der Waals surface area contributed by atoms with Gasteiger partial charge in [0.1, 0.15) is 6.61 Å². The van der Waals surface area contributed by atoms with Gasteiger partial charge in [-0.15, -0.1) is 0 Å². The van der Waals surface area contributed by atoms with Crippen LogP contribution >= 0.6 is 0 Å². The summed E-state index contributed by atoms with van der Waals surface area (Å²) in [7, 11) is 0. The number of nitrogens with zero attached hydrogens (tertiary/aromatic N) is 2. The smallest absolute Gasteiger partial charge is 0.180 e. The van der Waals surface area contributed by atoms with Gasteiger partial charge >= 0.3 is 0 Å². The zero-order valence-electron chi connectivity index (χ0n) is 12.1. The van der Waals surface area contributed by atoms with Crippen LogP contribution in [0.1, 0.15) is 22.5 Å². The highest BCUT2D eigenvalue weighted by molar-refractivity contribution is 5.55. The van der Waals surface area contributed by atoms with Gasteiger partial charge in [0, 0.05) is 11.9 Å². The Hall–Kier alpha value is -2.29. The van der Waals surface area contributed by atoms with Crippen LogP contribution in [-0.2, 0) is 6.61 Å². The van der Waals surface area contributed by atoms with Crippen LogP contribution in [0, 0.1) is 20.8 Å². The summed E-state index contributed by atoms with van der Waals surface area (Å²) in [6.07, 6.45) is 2.02. The molecule has 0 aliphatic heterocycles. The minimum atomic E-state index is 0.562. The molecular formula is C17H18N2O. The molecule has 20 heavy (non-hydrogen) atoms. The maximum Gasteiger partial charge on any atom is 0.180 e. The number of ether oxygens (including phenoxy) is 1. The molecule has 0 radical (unpaired) electrons. The van der Waals surface area contributed by atoms with Crippen molar-refractivity contribution in [3.05, 3.63) is 65.1 Å². The van der Waals surface area contributed by atoms with Crippen LogP contribution in [0.2, 0.25) is 0 Å². The summed E-state index contributed by atoms with van der Waals surface area (Å²) < 4.78 is 8.02. The zero-order valence-corrected chi connectivity index (χ0v) is 12.1. The Morgan fingerprint density at radius 1 is 1.10 bits per heavy atom. The maximum absolute atomic E-state index is 5.95. The molecule has 3 aromatic rings. The molecule has 0 fully saturated rings. The molecule has 0 saturated carbocycles. The normalized spacial score (nSPS) is 10.9. The second kappa shape index (κ2) is 5.00. The summed E-state index contributed by atoms with van der Waals surface area (Å²) in [6, 6.07) is 12.3. The van der Waals surface area contributed by atoms with Crippen molar-refractivity contribution >= 4 is 5.65 Å². The van der Waals surface area contributed by atoms with Crippen LogP contribution in [0.15, 0.2) is 42.6 Å². The van der Waals surface area contributed by atoms with Gasteiger partial charge in [0.2, 0.25) is 0 Å². The fraction of sp³-hybridized carbons (Fsp3) is 0.235. The molecule has 0 amide bonds. The summed E-state index contributed by atoms with van der Waals surface area (Å²) in [4.78, 5) is 4.58. The Morgan fingerprint density at radius 3 is 2.75 bits per heavy atom. The monoisotopic (exact) mass is 266 g/mol. The first-order chi connectivity index (χ1) is 9.65. The van der Waals surface area contributed by atoms with Gasteiger partial charge < -0.3 is 9.14 Å². The van der Waals surface area contributed by atoms with E-state index in [1.54, 1.807) is 0 Å². The first kappa shape index (κ1) is 12.7. The minimum absolute atomic E-state index is 0.562. The van der Waals surface area contributed by atoms with E-state index >= 15 is 0 Å². The van der Waals surface area contributed by atoms with E-state index in [1.165, 1.54) is 11.1 Å². The van der Waals surface area contributed by atoms with Crippen LogP contribution < -0.4 is 4.74 Å². The number of hydrogen-bond acceptors (Lipinski definition) is 2. The molecule has 3 heteroatoms. The summed E-state index contributed by atoms with van der Waals surface area (Å²) in [5.74, 6) is 0.824. The van der Waals surface area contributed by atoms with E-state index < -0.39 is 0 Å². The van der Waals surface area contributed by atoms with E-state index in [0.717, 1.165) is 22.8 Å². The Kier molecular flexibility index (Phi) is 3.18. The predicted octanol–water partition coefficient (Wildman–Crippen LogP) is 3.84. The van der Waals surface area contributed by atoms with Gasteiger partial charge in [0.25, 0.3) is 0 Å². The fourth-order valence-electron chi connectivity index (χ4n) is 2.35. The van der Waals surface area contributed by atoms with Crippen LogP contribution in [0.4, 0.5) is 0 Å². The molecule has 0 atom stereocenters. The molecular weight excluding hydrogens is 248 g/mol. The van der Waals surface area contributed by atoms with Crippen molar-refractivity contribution in [2.75, 3.05) is 0 Å². The highest BCUT2D eigenvalue weighted by Crippen LogP contribution is 2.22. The number of imidazole rings is 1. The minimum Gasteiger partial charge on any atom is -0.485 e. The third-order valence-corrected chi connectivity index (χ3v) is 3.57. The number of rotatable bonds is 3. The largest absolute Gasteiger partial charge is 0.485 e. The number of aromatic nitrogens is 2.